The van der Waals surface area contributed by atoms with Gasteiger partial charge in [0.2, 0.25) is 0 Å². The zero-order valence-corrected chi connectivity index (χ0v) is 8.67. The largest absolute Gasteiger partial charge is 0.416 e. The molecule has 84 valence electrons. The fraction of sp³-hybridized carbons (Fsp3) is 0.250. The van der Waals surface area contributed by atoms with Gasteiger partial charge in [-0.25, -0.2) is 0 Å². The van der Waals surface area contributed by atoms with Crippen molar-refractivity contribution in [1.29, 1.82) is 0 Å². The van der Waals surface area contributed by atoms with Crippen molar-refractivity contribution < 1.29 is 13.2 Å². The molecule has 0 saturated carbocycles. The highest BCUT2D eigenvalue weighted by Gasteiger charge is 2.30. The summed E-state index contributed by atoms with van der Waals surface area (Å²) in [5.41, 5.74) is 0.543. The first-order valence-corrected chi connectivity index (χ1v) is 4.97. The molecule has 0 fully saturated rings. The first-order valence-electron chi connectivity index (χ1n) is 4.97. The molecule has 4 heteroatoms. The second-order valence-corrected chi connectivity index (χ2v) is 3.56. The average molecular weight is 225 g/mol. The molecule has 2 rings (SSSR count). The number of benzene rings is 1. The van der Waals surface area contributed by atoms with Gasteiger partial charge in [-0.1, -0.05) is 19.1 Å². The third kappa shape index (κ3) is 2.01. The molecule has 0 amide bonds. The molecular formula is C12H10F3N. The van der Waals surface area contributed by atoms with Gasteiger partial charge in [-0.05, 0) is 24.6 Å². The minimum atomic E-state index is -4.31. The van der Waals surface area contributed by atoms with Crippen LogP contribution in [0.1, 0.15) is 18.2 Å². The Labute approximate surface area is 90.9 Å². The summed E-state index contributed by atoms with van der Waals surface area (Å²) in [7, 11) is 0. The molecule has 0 aliphatic heterocycles. The lowest BCUT2D eigenvalue weighted by molar-refractivity contribution is -0.137. The molecule has 1 aromatic heterocycles. The van der Waals surface area contributed by atoms with Gasteiger partial charge in [0.1, 0.15) is 0 Å². The van der Waals surface area contributed by atoms with Crippen LogP contribution >= 0.6 is 0 Å². The van der Waals surface area contributed by atoms with E-state index in [2.05, 4.69) is 4.98 Å². The van der Waals surface area contributed by atoms with Crippen molar-refractivity contribution in [3.05, 3.63) is 41.6 Å². The Bertz CT molecular complexity index is 517. The Morgan fingerprint density at radius 3 is 2.44 bits per heavy atom. The van der Waals surface area contributed by atoms with E-state index in [0.717, 1.165) is 23.2 Å². The van der Waals surface area contributed by atoms with Crippen molar-refractivity contribution >= 4 is 10.9 Å². The summed E-state index contributed by atoms with van der Waals surface area (Å²) in [5.74, 6) is 0. The highest BCUT2D eigenvalue weighted by Crippen LogP contribution is 2.30. The summed E-state index contributed by atoms with van der Waals surface area (Å²) >= 11 is 0. The van der Waals surface area contributed by atoms with Crippen molar-refractivity contribution in [2.75, 3.05) is 0 Å². The molecule has 0 radical (unpaired) electrons. The second-order valence-electron chi connectivity index (χ2n) is 3.56. The summed E-state index contributed by atoms with van der Waals surface area (Å²) in [4.78, 5) is 4.17. The van der Waals surface area contributed by atoms with Gasteiger partial charge in [0.15, 0.2) is 0 Å². The molecule has 1 nitrogen and oxygen atoms in total. The minimum absolute atomic E-state index is 0.397. The molecule has 0 aliphatic rings. The Balaban J connectivity index is 2.59. The van der Waals surface area contributed by atoms with Crippen LogP contribution in [0.2, 0.25) is 0 Å². The summed E-state index contributed by atoms with van der Waals surface area (Å²) < 4.78 is 37.4. The monoisotopic (exact) mass is 225 g/mol. The summed E-state index contributed by atoms with van der Waals surface area (Å²) in [5, 5.41) is 0.727. The molecule has 0 N–H and O–H groups in total. The van der Waals surface area contributed by atoms with E-state index in [1.165, 1.54) is 6.07 Å². The Morgan fingerprint density at radius 1 is 1.12 bits per heavy atom. The zero-order valence-electron chi connectivity index (χ0n) is 8.67. The van der Waals surface area contributed by atoms with Crippen LogP contribution in [0, 0.1) is 0 Å². The Kier molecular flexibility index (Phi) is 2.58. The molecular weight excluding hydrogens is 215 g/mol. The fourth-order valence-electron chi connectivity index (χ4n) is 1.53. The SMILES string of the molecule is CCc1ccc2ccc(C(F)(F)F)cc2n1. The van der Waals surface area contributed by atoms with E-state index in [1.807, 2.05) is 13.0 Å². The highest BCUT2D eigenvalue weighted by atomic mass is 19.4. The van der Waals surface area contributed by atoms with Crippen LogP contribution in [0.25, 0.3) is 10.9 Å². The molecule has 0 bridgehead atoms. The number of alkyl halides is 3. The number of halogens is 3. The molecule has 0 atom stereocenters. The van der Waals surface area contributed by atoms with E-state index < -0.39 is 11.7 Å². The maximum absolute atomic E-state index is 12.5. The number of nitrogens with zero attached hydrogens (tertiary/aromatic N) is 1. The van der Waals surface area contributed by atoms with Gasteiger partial charge in [0, 0.05) is 11.1 Å². The van der Waals surface area contributed by atoms with Gasteiger partial charge in [0.05, 0.1) is 11.1 Å². The van der Waals surface area contributed by atoms with Crippen LogP contribution in [0.3, 0.4) is 0 Å². The zero-order chi connectivity index (χ0) is 11.8. The lowest BCUT2D eigenvalue weighted by Gasteiger charge is -2.07. The number of pyridine rings is 1. The lowest BCUT2D eigenvalue weighted by atomic mass is 10.1. The summed E-state index contributed by atoms with van der Waals surface area (Å²) in [6, 6.07) is 7.24. The third-order valence-electron chi connectivity index (χ3n) is 2.44. The van der Waals surface area contributed by atoms with Crippen molar-refractivity contribution in [1.82, 2.24) is 4.98 Å². The molecule has 0 aliphatic carbocycles. The van der Waals surface area contributed by atoms with Crippen molar-refractivity contribution in [3.8, 4) is 0 Å². The van der Waals surface area contributed by atoms with E-state index in [0.29, 0.717) is 11.9 Å². The van der Waals surface area contributed by atoms with E-state index in [9.17, 15) is 13.2 Å². The van der Waals surface area contributed by atoms with E-state index in [1.54, 1.807) is 6.07 Å². The van der Waals surface area contributed by atoms with Crippen LogP contribution in [-0.4, -0.2) is 4.98 Å². The number of aryl methyl sites for hydroxylation is 1. The van der Waals surface area contributed by atoms with Gasteiger partial charge in [-0.15, -0.1) is 0 Å². The van der Waals surface area contributed by atoms with Gasteiger partial charge in [0.25, 0.3) is 0 Å². The quantitative estimate of drug-likeness (QED) is 0.719. The minimum Gasteiger partial charge on any atom is -0.253 e. The Morgan fingerprint density at radius 2 is 1.81 bits per heavy atom. The van der Waals surface area contributed by atoms with E-state index in [-0.39, 0.29) is 0 Å². The molecule has 2 aromatic rings. The summed E-state index contributed by atoms with van der Waals surface area (Å²) in [6.45, 7) is 1.92. The molecule has 0 saturated heterocycles. The van der Waals surface area contributed by atoms with Gasteiger partial charge in [-0.3, -0.25) is 4.98 Å². The standard InChI is InChI=1S/C12H10F3N/c1-2-10-6-4-8-3-5-9(12(13,14)15)7-11(8)16-10/h3-7H,2H2,1H3. The van der Waals surface area contributed by atoms with Crippen molar-refractivity contribution in [2.45, 2.75) is 19.5 Å². The molecule has 1 heterocycles. The van der Waals surface area contributed by atoms with Crippen molar-refractivity contribution in [3.63, 3.8) is 0 Å². The molecule has 0 unspecified atom stereocenters. The average Bonchev–Trinajstić information content (AvgIpc) is 2.26. The smallest absolute Gasteiger partial charge is 0.253 e. The predicted octanol–water partition coefficient (Wildman–Crippen LogP) is 3.82. The molecule has 16 heavy (non-hydrogen) atoms. The van der Waals surface area contributed by atoms with Crippen LogP contribution in [-0.2, 0) is 12.6 Å². The number of fused-ring (bicyclic) bond motifs is 1. The summed E-state index contributed by atoms with van der Waals surface area (Å²) in [6.07, 6.45) is -3.59. The van der Waals surface area contributed by atoms with E-state index in [4.69, 9.17) is 0 Å². The number of hydrogen-bond acceptors (Lipinski definition) is 1. The predicted molar refractivity (Wildman–Crippen MR) is 56.1 cm³/mol. The van der Waals surface area contributed by atoms with Crippen LogP contribution in [0.4, 0.5) is 13.2 Å². The maximum atomic E-state index is 12.5. The second kappa shape index (κ2) is 3.77. The molecule has 0 spiro atoms. The number of aromatic nitrogens is 1. The first kappa shape index (κ1) is 10.9. The van der Waals surface area contributed by atoms with Gasteiger partial charge in [-0.2, -0.15) is 13.2 Å². The normalized spacial score (nSPS) is 12.0. The lowest BCUT2D eigenvalue weighted by Crippen LogP contribution is -2.04. The fourth-order valence-corrected chi connectivity index (χ4v) is 1.53. The van der Waals surface area contributed by atoms with Crippen molar-refractivity contribution in [2.24, 2.45) is 0 Å². The van der Waals surface area contributed by atoms with Gasteiger partial charge >= 0.3 is 6.18 Å². The van der Waals surface area contributed by atoms with E-state index >= 15 is 0 Å². The number of hydrogen-bond donors (Lipinski definition) is 0. The van der Waals surface area contributed by atoms with Gasteiger partial charge < -0.3 is 0 Å². The highest BCUT2D eigenvalue weighted by molar-refractivity contribution is 5.79. The number of rotatable bonds is 1. The third-order valence-corrected chi connectivity index (χ3v) is 2.44. The van der Waals surface area contributed by atoms with Crippen LogP contribution in [0.15, 0.2) is 30.3 Å². The maximum Gasteiger partial charge on any atom is 0.416 e. The Hall–Kier alpha value is -1.58. The van der Waals surface area contributed by atoms with Crippen LogP contribution in [0.5, 0.6) is 0 Å². The first-order chi connectivity index (χ1) is 7.50. The topological polar surface area (TPSA) is 12.9 Å². The van der Waals surface area contributed by atoms with Crippen LogP contribution < -0.4 is 0 Å². The molecule has 1 aromatic carbocycles.